The second kappa shape index (κ2) is 13.2. The Morgan fingerprint density at radius 1 is 0.926 bits per heavy atom. The predicted octanol–water partition coefficient (Wildman–Crippen LogP) is -1.07. The average Bonchev–Trinajstić information content (AvgIpc) is 2.67. The summed E-state index contributed by atoms with van der Waals surface area (Å²) in [5.41, 5.74) is 0.923. The Balaban J connectivity index is 1.65. The summed E-state index contributed by atoms with van der Waals surface area (Å²) in [5, 5.41) is 12.7. The van der Waals surface area contributed by atoms with Gasteiger partial charge in [-0.3, -0.25) is 14.5 Å². The number of benzene rings is 1. The third-order valence-corrected chi connectivity index (χ3v) is 4.21. The molecule has 1 aromatic carbocycles. The van der Waals surface area contributed by atoms with Crippen LogP contribution in [-0.2, 0) is 20.9 Å². The van der Waals surface area contributed by atoms with E-state index in [4.69, 9.17) is 4.74 Å². The largest absolute Gasteiger partial charge is 0.460 e. The van der Waals surface area contributed by atoms with Crippen LogP contribution in [0.1, 0.15) is 5.56 Å². The first kappa shape index (κ1) is 21.3. The van der Waals surface area contributed by atoms with Crippen molar-refractivity contribution in [2.45, 2.75) is 6.61 Å². The monoisotopic (exact) mass is 377 g/mol. The van der Waals surface area contributed by atoms with Crippen molar-refractivity contribution in [1.82, 2.24) is 26.2 Å². The van der Waals surface area contributed by atoms with Crippen LogP contribution in [0.25, 0.3) is 0 Å². The van der Waals surface area contributed by atoms with Gasteiger partial charge in [0.1, 0.15) is 13.2 Å². The summed E-state index contributed by atoms with van der Waals surface area (Å²) in [6.07, 6.45) is 0. The third kappa shape index (κ3) is 10.0. The van der Waals surface area contributed by atoms with E-state index in [0.717, 1.165) is 57.9 Å². The summed E-state index contributed by atoms with van der Waals surface area (Å²) in [6, 6.07) is 9.47. The number of nitrogens with one attached hydrogen (secondary N) is 4. The summed E-state index contributed by atoms with van der Waals surface area (Å²) < 4.78 is 5.17. The molecule has 0 unspecified atom stereocenters. The number of carbonyl (C=O) groups excluding carboxylic acids is 2. The first-order chi connectivity index (χ1) is 13.2. The van der Waals surface area contributed by atoms with E-state index in [0.29, 0.717) is 0 Å². The molecule has 0 saturated carbocycles. The Morgan fingerprint density at radius 3 is 2.15 bits per heavy atom. The van der Waals surface area contributed by atoms with Crippen molar-refractivity contribution in [1.29, 1.82) is 0 Å². The van der Waals surface area contributed by atoms with Gasteiger partial charge in [0.25, 0.3) is 0 Å². The fourth-order valence-electron chi connectivity index (χ4n) is 2.69. The van der Waals surface area contributed by atoms with Gasteiger partial charge in [0.15, 0.2) is 0 Å². The Labute approximate surface area is 161 Å². The summed E-state index contributed by atoms with van der Waals surface area (Å²) in [7, 11) is 0. The van der Waals surface area contributed by atoms with Crippen LogP contribution in [-0.4, -0.2) is 82.2 Å². The van der Waals surface area contributed by atoms with Crippen LogP contribution in [0.2, 0.25) is 0 Å². The highest BCUT2D eigenvalue weighted by atomic mass is 16.5. The van der Waals surface area contributed by atoms with Crippen molar-refractivity contribution < 1.29 is 14.3 Å². The van der Waals surface area contributed by atoms with Gasteiger partial charge in [-0.1, -0.05) is 30.3 Å². The molecule has 0 radical (unpaired) electrons. The zero-order valence-corrected chi connectivity index (χ0v) is 15.8. The Bertz CT molecular complexity index is 544. The van der Waals surface area contributed by atoms with Gasteiger partial charge in [-0.15, -0.1) is 0 Å². The highest BCUT2D eigenvalue weighted by Crippen LogP contribution is 2.00. The quantitative estimate of drug-likeness (QED) is 0.469. The molecule has 0 atom stereocenters. The van der Waals surface area contributed by atoms with E-state index < -0.39 is 5.97 Å². The summed E-state index contributed by atoms with van der Waals surface area (Å²) in [4.78, 5) is 26.0. The lowest BCUT2D eigenvalue weighted by Gasteiger charge is -2.23. The summed E-state index contributed by atoms with van der Waals surface area (Å²) in [6.45, 7) is 7.30. The molecule has 0 aliphatic carbocycles. The molecule has 1 aromatic rings. The molecule has 1 saturated heterocycles. The first-order valence-electron chi connectivity index (χ1n) is 9.55. The second-order valence-electron chi connectivity index (χ2n) is 6.45. The van der Waals surface area contributed by atoms with Crippen LogP contribution in [0, 0.1) is 0 Å². The minimum atomic E-state index is -0.434. The van der Waals surface area contributed by atoms with Crippen LogP contribution < -0.4 is 21.3 Å². The van der Waals surface area contributed by atoms with E-state index in [1.807, 2.05) is 30.3 Å². The van der Waals surface area contributed by atoms with Gasteiger partial charge in [0.2, 0.25) is 5.91 Å². The minimum absolute atomic E-state index is 0.109. The van der Waals surface area contributed by atoms with Gasteiger partial charge < -0.3 is 26.0 Å². The molecule has 0 spiro atoms. The number of hydrogen-bond donors (Lipinski definition) is 4. The highest BCUT2D eigenvalue weighted by molar-refractivity contribution is 5.83. The molecule has 8 nitrogen and oxygen atoms in total. The molecule has 27 heavy (non-hydrogen) atoms. The van der Waals surface area contributed by atoms with E-state index >= 15 is 0 Å². The zero-order valence-electron chi connectivity index (χ0n) is 15.8. The van der Waals surface area contributed by atoms with Crippen molar-refractivity contribution in [3.8, 4) is 0 Å². The van der Waals surface area contributed by atoms with Crippen molar-refractivity contribution in [2.75, 3.05) is 65.4 Å². The number of nitrogens with zero attached hydrogens (tertiary/aromatic N) is 1. The van der Waals surface area contributed by atoms with Crippen LogP contribution in [0.4, 0.5) is 0 Å². The summed E-state index contributed by atoms with van der Waals surface area (Å²) in [5.74, 6) is -0.600. The lowest BCUT2D eigenvalue weighted by atomic mass is 10.2. The summed E-state index contributed by atoms with van der Waals surface area (Å²) >= 11 is 0. The Hall–Kier alpha value is -2.00. The number of amides is 1. The molecule has 1 amide bonds. The molecule has 1 aliphatic heterocycles. The molecule has 1 heterocycles. The number of rotatable bonds is 6. The van der Waals surface area contributed by atoms with Crippen molar-refractivity contribution in [3.63, 3.8) is 0 Å². The molecule has 0 aromatic heterocycles. The van der Waals surface area contributed by atoms with E-state index in [-0.39, 0.29) is 25.6 Å². The van der Waals surface area contributed by atoms with Gasteiger partial charge in [-0.05, 0) is 5.56 Å². The topological polar surface area (TPSA) is 94.7 Å². The van der Waals surface area contributed by atoms with Crippen molar-refractivity contribution in [2.24, 2.45) is 0 Å². The zero-order chi connectivity index (χ0) is 19.2. The molecular weight excluding hydrogens is 346 g/mol. The SMILES string of the molecule is O=C(CN1CCNCCNCCNCC1)NCC(=O)OCc1ccccc1. The molecule has 1 aliphatic rings. The third-order valence-electron chi connectivity index (χ3n) is 4.21. The lowest BCUT2D eigenvalue weighted by molar-refractivity contribution is -0.145. The molecule has 1 fully saturated rings. The predicted molar refractivity (Wildman–Crippen MR) is 104 cm³/mol. The number of carbonyl (C=O) groups is 2. The highest BCUT2D eigenvalue weighted by Gasteiger charge is 2.12. The molecule has 2 rings (SSSR count). The van der Waals surface area contributed by atoms with Crippen LogP contribution >= 0.6 is 0 Å². The van der Waals surface area contributed by atoms with E-state index in [2.05, 4.69) is 26.2 Å². The van der Waals surface area contributed by atoms with Crippen molar-refractivity contribution >= 4 is 11.9 Å². The van der Waals surface area contributed by atoms with Gasteiger partial charge in [0.05, 0.1) is 6.54 Å². The standard InChI is InChI=1S/C19H31N5O3/c25-18(23-14-19(26)27-16-17-4-2-1-3-5-17)15-24-12-10-21-8-6-20-7-9-22-11-13-24/h1-5,20-22H,6-16H2,(H,23,25). The number of hydrogen-bond acceptors (Lipinski definition) is 7. The average molecular weight is 377 g/mol. The van der Waals surface area contributed by atoms with Crippen LogP contribution in [0.15, 0.2) is 30.3 Å². The number of ether oxygens (including phenoxy) is 1. The Morgan fingerprint density at radius 2 is 1.52 bits per heavy atom. The Kier molecular flexibility index (Phi) is 10.4. The van der Waals surface area contributed by atoms with E-state index in [1.54, 1.807) is 0 Å². The van der Waals surface area contributed by atoms with Gasteiger partial charge in [0, 0.05) is 52.4 Å². The molecule has 150 valence electrons. The van der Waals surface area contributed by atoms with E-state index in [1.165, 1.54) is 0 Å². The van der Waals surface area contributed by atoms with E-state index in [9.17, 15) is 9.59 Å². The molecule has 0 bridgehead atoms. The van der Waals surface area contributed by atoms with Gasteiger partial charge >= 0.3 is 5.97 Å². The molecule has 4 N–H and O–H groups in total. The maximum Gasteiger partial charge on any atom is 0.325 e. The first-order valence-corrected chi connectivity index (χ1v) is 9.55. The minimum Gasteiger partial charge on any atom is -0.460 e. The van der Waals surface area contributed by atoms with Gasteiger partial charge in [-0.25, -0.2) is 0 Å². The number of esters is 1. The molecule has 8 heteroatoms. The van der Waals surface area contributed by atoms with Crippen LogP contribution in [0.3, 0.4) is 0 Å². The molecular formula is C19H31N5O3. The van der Waals surface area contributed by atoms with Crippen LogP contribution in [0.5, 0.6) is 0 Å². The fraction of sp³-hybridized carbons (Fsp3) is 0.579. The van der Waals surface area contributed by atoms with Gasteiger partial charge in [-0.2, -0.15) is 0 Å². The smallest absolute Gasteiger partial charge is 0.325 e. The fourth-order valence-corrected chi connectivity index (χ4v) is 2.69. The van der Waals surface area contributed by atoms with Crippen molar-refractivity contribution in [3.05, 3.63) is 35.9 Å². The maximum atomic E-state index is 12.2. The normalized spacial score (nSPS) is 17.3. The maximum absolute atomic E-state index is 12.2. The second-order valence-corrected chi connectivity index (χ2v) is 6.45. The lowest BCUT2D eigenvalue weighted by Crippen LogP contribution is -2.46.